The van der Waals surface area contributed by atoms with Crippen molar-refractivity contribution in [1.82, 2.24) is 10.3 Å². The summed E-state index contributed by atoms with van der Waals surface area (Å²) in [7, 11) is 3.61. The van der Waals surface area contributed by atoms with E-state index in [0.717, 1.165) is 17.7 Å². The van der Waals surface area contributed by atoms with Crippen LogP contribution in [0.4, 0.5) is 0 Å². The van der Waals surface area contributed by atoms with Gasteiger partial charge < -0.3 is 19.5 Å². The van der Waals surface area contributed by atoms with Crippen molar-refractivity contribution in [2.45, 2.75) is 32.4 Å². The van der Waals surface area contributed by atoms with Gasteiger partial charge >= 0.3 is 0 Å². The van der Waals surface area contributed by atoms with Gasteiger partial charge in [0.05, 0.1) is 25.5 Å². The van der Waals surface area contributed by atoms with E-state index in [1.807, 2.05) is 33.2 Å². The lowest BCUT2D eigenvalue weighted by atomic mass is 10.1. The zero-order valence-corrected chi connectivity index (χ0v) is 12.9. The fraction of sp³-hybridized carbons (Fsp3) is 0.667. The lowest BCUT2D eigenvalue weighted by molar-refractivity contribution is 0.0660. The van der Waals surface area contributed by atoms with Gasteiger partial charge in [0.1, 0.15) is 5.75 Å². The third-order valence-electron chi connectivity index (χ3n) is 2.84. The van der Waals surface area contributed by atoms with E-state index in [0.29, 0.717) is 19.8 Å². The predicted molar refractivity (Wildman–Crippen MR) is 79.1 cm³/mol. The Bertz CT molecular complexity index is 372. The molecule has 5 nitrogen and oxygen atoms in total. The summed E-state index contributed by atoms with van der Waals surface area (Å²) in [5, 5.41) is 3.28. The second kappa shape index (κ2) is 9.69. The number of hydrogen-bond donors (Lipinski definition) is 1. The maximum atomic E-state index is 5.67. The van der Waals surface area contributed by atoms with Crippen LogP contribution in [0, 0.1) is 0 Å². The van der Waals surface area contributed by atoms with E-state index in [1.165, 1.54) is 0 Å². The van der Waals surface area contributed by atoms with Crippen LogP contribution in [0.3, 0.4) is 0 Å². The highest BCUT2D eigenvalue weighted by molar-refractivity contribution is 5.26. The Morgan fingerprint density at radius 3 is 2.65 bits per heavy atom. The van der Waals surface area contributed by atoms with Crippen molar-refractivity contribution in [2.75, 3.05) is 34.0 Å². The molecule has 0 aliphatic heterocycles. The van der Waals surface area contributed by atoms with E-state index in [4.69, 9.17) is 14.2 Å². The smallest absolute Gasteiger partial charge is 0.138 e. The van der Waals surface area contributed by atoms with Gasteiger partial charge in [0, 0.05) is 26.0 Å². The molecule has 114 valence electrons. The Balaban J connectivity index is 2.51. The molecule has 20 heavy (non-hydrogen) atoms. The van der Waals surface area contributed by atoms with E-state index < -0.39 is 0 Å². The van der Waals surface area contributed by atoms with Crippen LogP contribution in [0.1, 0.15) is 31.9 Å². The van der Waals surface area contributed by atoms with Crippen molar-refractivity contribution in [1.29, 1.82) is 0 Å². The Labute approximate surface area is 121 Å². The third-order valence-corrected chi connectivity index (χ3v) is 2.84. The Kier molecular flexibility index (Phi) is 8.18. The molecule has 0 aliphatic carbocycles. The summed E-state index contributed by atoms with van der Waals surface area (Å²) in [6.07, 6.45) is 4.64. The van der Waals surface area contributed by atoms with Crippen molar-refractivity contribution in [3.8, 4) is 5.75 Å². The van der Waals surface area contributed by atoms with E-state index in [9.17, 15) is 0 Å². The molecule has 0 radical (unpaired) electrons. The van der Waals surface area contributed by atoms with Gasteiger partial charge in [-0.05, 0) is 38.9 Å². The average molecular weight is 282 g/mol. The van der Waals surface area contributed by atoms with Gasteiger partial charge in [-0.25, -0.2) is 0 Å². The molecule has 0 spiro atoms. The molecule has 0 aliphatic rings. The first-order chi connectivity index (χ1) is 9.67. The minimum atomic E-state index is 0.150. The van der Waals surface area contributed by atoms with Crippen LogP contribution in [0.2, 0.25) is 0 Å². The zero-order valence-electron chi connectivity index (χ0n) is 12.9. The molecule has 1 heterocycles. The highest BCUT2D eigenvalue weighted by Gasteiger charge is 2.11. The Morgan fingerprint density at radius 2 is 2.00 bits per heavy atom. The maximum Gasteiger partial charge on any atom is 0.138 e. The predicted octanol–water partition coefficient (Wildman–Crippen LogP) is 2.18. The van der Waals surface area contributed by atoms with Crippen LogP contribution in [0.15, 0.2) is 18.5 Å². The van der Waals surface area contributed by atoms with Crippen molar-refractivity contribution < 1.29 is 14.2 Å². The molecule has 1 rings (SSSR count). The van der Waals surface area contributed by atoms with E-state index in [1.54, 1.807) is 13.3 Å². The van der Waals surface area contributed by atoms with Crippen LogP contribution in [0.25, 0.3) is 0 Å². The van der Waals surface area contributed by atoms with Gasteiger partial charge in [-0.1, -0.05) is 0 Å². The lowest BCUT2D eigenvalue weighted by Crippen LogP contribution is -2.19. The number of nitrogens with one attached hydrogen (secondary N) is 1. The van der Waals surface area contributed by atoms with Gasteiger partial charge in [-0.15, -0.1) is 0 Å². The first-order valence-corrected chi connectivity index (χ1v) is 7.03. The molecule has 0 saturated heterocycles. The molecule has 1 aromatic rings. The van der Waals surface area contributed by atoms with Crippen molar-refractivity contribution >= 4 is 0 Å². The number of nitrogens with zero attached hydrogens (tertiary/aromatic N) is 1. The van der Waals surface area contributed by atoms with Gasteiger partial charge in [-0.2, -0.15) is 0 Å². The third kappa shape index (κ3) is 6.32. The largest absolute Gasteiger partial charge is 0.489 e. The molecule has 0 aromatic carbocycles. The van der Waals surface area contributed by atoms with Crippen LogP contribution in [0.5, 0.6) is 5.75 Å². The summed E-state index contributed by atoms with van der Waals surface area (Å²) < 4.78 is 16.1. The molecule has 1 N–H and O–H groups in total. The molecule has 1 aromatic heterocycles. The van der Waals surface area contributed by atoms with Crippen LogP contribution >= 0.6 is 0 Å². The van der Waals surface area contributed by atoms with Gasteiger partial charge in [0.25, 0.3) is 0 Å². The number of aromatic nitrogens is 1. The number of methoxy groups -OCH3 is 1. The molecule has 1 unspecified atom stereocenters. The minimum absolute atomic E-state index is 0.150. The van der Waals surface area contributed by atoms with Crippen LogP contribution in [-0.2, 0) is 9.47 Å². The number of rotatable bonds is 10. The highest BCUT2D eigenvalue weighted by atomic mass is 16.5. The standard InChI is InChI=1S/C15H26N2O3/c1-12(2)20-14-9-13(10-17-11-14)15(16-3)5-6-19-8-7-18-4/h9-12,15-16H,5-8H2,1-4H3. The van der Waals surface area contributed by atoms with Crippen molar-refractivity contribution in [3.63, 3.8) is 0 Å². The quantitative estimate of drug-likeness (QED) is 0.667. The summed E-state index contributed by atoms with van der Waals surface area (Å²) in [6.45, 7) is 5.95. The fourth-order valence-electron chi connectivity index (χ4n) is 1.89. The van der Waals surface area contributed by atoms with E-state index in [-0.39, 0.29) is 12.1 Å². The summed E-state index contributed by atoms with van der Waals surface area (Å²) in [6, 6.07) is 2.24. The first-order valence-electron chi connectivity index (χ1n) is 7.03. The summed E-state index contributed by atoms with van der Waals surface area (Å²) >= 11 is 0. The van der Waals surface area contributed by atoms with Gasteiger partial charge in [0.15, 0.2) is 0 Å². The summed E-state index contributed by atoms with van der Waals surface area (Å²) in [5.41, 5.74) is 1.11. The first kappa shape index (κ1) is 16.9. The lowest BCUT2D eigenvalue weighted by Gasteiger charge is -2.18. The number of pyridine rings is 1. The zero-order chi connectivity index (χ0) is 14.8. The topological polar surface area (TPSA) is 52.6 Å². The van der Waals surface area contributed by atoms with Crippen LogP contribution < -0.4 is 10.1 Å². The Morgan fingerprint density at radius 1 is 1.20 bits per heavy atom. The van der Waals surface area contributed by atoms with Crippen molar-refractivity contribution in [3.05, 3.63) is 24.0 Å². The normalized spacial score (nSPS) is 12.7. The molecule has 5 heteroatoms. The molecule has 0 bridgehead atoms. The van der Waals surface area contributed by atoms with Crippen molar-refractivity contribution in [2.24, 2.45) is 0 Å². The average Bonchev–Trinajstić information content (AvgIpc) is 2.42. The SMILES string of the molecule is CNC(CCOCCOC)c1cncc(OC(C)C)c1. The van der Waals surface area contributed by atoms with Crippen LogP contribution in [-0.4, -0.2) is 45.1 Å². The second-order valence-electron chi connectivity index (χ2n) is 4.86. The molecular weight excluding hydrogens is 256 g/mol. The Hall–Kier alpha value is -1.17. The minimum Gasteiger partial charge on any atom is -0.489 e. The molecule has 0 fully saturated rings. The molecule has 1 atom stereocenters. The molecule has 0 amide bonds. The number of hydrogen-bond acceptors (Lipinski definition) is 5. The second-order valence-corrected chi connectivity index (χ2v) is 4.86. The maximum absolute atomic E-state index is 5.67. The fourth-order valence-corrected chi connectivity index (χ4v) is 1.89. The highest BCUT2D eigenvalue weighted by Crippen LogP contribution is 2.20. The molecular formula is C15H26N2O3. The van der Waals surface area contributed by atoms with E-state index >= 15 is 0 Å². The molecule has 0 saturated carbocycles. The van der Waals surface area contributed by atoms with Gasteiger partial charge in [0.2, 0.25) is 0 Å². The number of ether oxygens (including phenoxy) is 3. The summed E-state index contributed by atoms with van der Waals surface area (Å²) in [5.74, 6) is 0.804. The van der Waals surface area contributed by atoms with E-state index in [2.05, 4.69) is 10.3 Å². The van der Waals surface area contributed by atoms with Gasteiger partial charge in [-0.3, -0.25) is 4.98 Å². The summed E-state index contributed by atoms with van der Waals surface area (Å²) in [4.78, 5) is 4.24. The monoisotopic (exact) mass is 282 g/mol.